The van der Waals surface area contributed by atoms with Crippen molar-refractivity contribution in [3.05, 3.63) is 67.3 Å². The normalized spacial score (nSPS) is 15.8. The molecule has 12 heteroatoms. The van der Waals surface area contributed by atoms with Crippen LogP contribution in [-0.2, 0) is 14.1 Å². The van der Waals surface area contributed by atoms with Gasteiger partial charge in [-0.15, -0.1) is 30.7 Å². The van der Waals surface area contributed by atoms with Crippen LogP contribution in [0.15, 0.2) is 81.3 Å². The van der Waals surface area contributed by atoms with Crippen molar-refractivity contribution in [1.29, 1.82) is 0 Å². The third kappa shape index (κ3) is 7.71. The topological polar surface area (TPSA) is 117 Å². The fourth-order valence-corrected chi connectivity index (χ4v) is 3.84. The van der Waals surface area contributed by atoms with Gasteiger partial charge < -0.3 is 4.90 Å². The number of allylic oxidation sites excluding steroid dienone is 1. The van der Waals surface area contributed by atoms with Gasteiger partial charge in [-0.2, -0.15) is 9.97 Å². The minimum Gasteiger partial charge on any atom is -0.375 e. The highest BCUT2D eigenvalue weighted by Crippen LogP contribution is 2.21. The van der Waals surface area contributed by atoms with Gasteiger partial charge in [-0.05, 0) is 56.1 Å². The summed E-state index contributed by atoms with van der Waals surface area (Å²) in [5.74, 6) is 0.720. The van der Waals surface area contributed by atoms with Crippen molar-refractivity contribution < 1.29 is 0 Å². The van der Waals surface area contributed by atoms with Gasteiger partial charge in [-0.3, -0.25) is 14.3 Å². The number of nitrogens with zero attached hydrogens (tertiary/aromatic N) is 12. The van der Waals surface area contributed by atoms with Gasteiger partial charge in [-0.25, -0.2) is 0 Å². The second kappa shape index (κ2) is 12.8. The van der Waals surface area contributed by atoms with Gasteiger partial charge in [0.05, 0.1) is 11.4 Å². The van der Waals surface area contributed by atoms with Crippen molar-refractivity contribution in [2.75, 3.05) is 31.6 Å². The second-order valence-corrected chi connectivity index (χ2v) is 8.73. The quantitative estimate of drug-likeness (QED) is 0.262. The summed E-state index contributed by atoms with van der Waals surface area (Å²) in [5, 5.41) is 24.8. The molecule has 2 heterocycles. The molecule has 0 bridgehead atoms. The summed E-state index contributed by atoms with van der Waals surface area (Å²) in [6, 6.07) is 8.36. The molecule has 4 rings (SSSR count). The van der Waals surface area contributed by atoms with Gasteiger partial charge in [0.15, 0.2) is 0 Å². The molecule has 1 atom stereocenters. The predicted octanol–water partition coefficient (Wildman–Crippen LogP) is 4.71. The van der Waals surface area contributed by atoms with Crippen molar-refractivity contribution in [2.45, 2.75) is 25.8 Å². The molecule has 0 spiro atoms. The molecular formula is C25H33N12. The number of likely N-dealkylation sites (N-methyl/N-ethyl adjacent to an activating group) is 1. The number of anilines is 1. The van der Waals surface area contributed by atoms with E-state index in [9.17, 15) is 0 Å². The van der Waals surface area contributed by atoms with Crippen LogP contribution < -0.4 is 4.90 Å². The number of aromatic nitrogens is 6. The molecule has 0 saturated heterocycles. The minimum atomic E-state index is 0.351. The number of aryl methyl sites for hydroxylation is 2. The Balaban J connectivity index is 1.18. The summed E-state index contributed by atoms with van der Waals surface area (Å²) in [5.41, 5.74) is 2.74. The molecule has 1 aromatic carbocycles. The van der Waals surface area contributed by atoms with Crippen molar-refractivity contribution in [2.24, 2.45) is 34.6 Å². The van der Waals surface area contributed by atoms with Crippen LogP contribution in [0, 0.1) is 6.42 Å². The first kappa shape index (κ1) is 26.0. The van der Waals surface area contributed by atoms with Crippen LogP contribution >= 0.6 is 0 Å². The van der Waals surface area contributed by atoms with Crippen molar-refractivity contribution >= 4 is 23.3 Å². The van der Waals surface area contributed by atoms with Crippen LogP contribution in [0.4, 0.5) is 23.3 Å². The molecule has 0 saturated carbocycles. The fraction of sp³-hybridized carbons (Fsp3) is 0.400. The predicted molar refractivity (Wildman–Crippen MR) is 142 cm³/mol. The first-order valence-corrected chi connectivity index (χ1v) is 12.3. The molecule has 37 heavy (non-hydrogen) atoms. The number of hydrogen-bond donors (Lipinski definition) is 0. The van der Waals surface area contributed by atoms with E-state index in [1.54, 1.807) is 36.1 Å². The van der Waals surface area contributed by atoms with Crippen LogP contribution in [0.25, 0.3) is 0 Å². The van der Waals surface area contributed by atoms with E-state index >= 15 is 0 Å². The molecule has 0 fully saturated rings. The SMILES string of the molecule is CCN(C[CH]CCN(C)c1ccc(N=Nc2ncn(C)n2)cc1)C1C=CC(N=Nc2ncn(C)n2)=CC1. The molecular weight excluding hydrogens is 468 g/mol. The van der Waals surface area contributed by atoms with E-state index in [2.05, 4.69) is 95.1 Å². The van der Waals surface area contributed by atoms with Crippen LogP contribution in [-0.4, -0.2) is 67.2 Å². The van der Waals surface area contributed by atoms with Gasteiger partial charge in [0, 0.05) is 46.0 Å². The third-order valence-corrected chi connectivity index (χ3v) is 5.94. The Hall–Kier alpha value is -4.06. The van der Waals surface area contributed by atoms with E-state index in [4.69, 9.17) is 0 Å². The Kier molecular flexibility index (Phi) is 8.98. The lowest BCUT2D eigenvalue weighted by atomic mass is 10.0. The van der Waals surface area contributed by atoms with Gasteiger partial charge >= 0.3 is 0 Å². The lowest BCUT2D eigenvalue weighted by molar-refractivity contribution is 0.257. The zero-order chi connectivity index (χ0) is 26.0. The maximum atomic E-state index is 4.25. The van der Waals surface area contributed by atoms with E-state index in [1.807, 2.05) is 18.2 Å². The van der Waals surface area contributed by atoms with E-state index in [1.165, 1.54) is 0 Å². The Morgan fingerprint density at radius 3 is 2.22 bits per heavy atom. The summed E-state index contributed by atoms with van der Waals surface area (Å²) in [4.78, 5) is 12.8. The Labute approximate surface area is 217 Å². The van der Waals surface area contributed by atoms with E-state index in [-0.39, 0.29) is 0 Å². The molecule has 0 N–H and O–H groups in total. The molecule has 1 unspecified atom stereocenters. The molecule has 0 amide bonds. The molecule has 1 aliphatic rings. The summed E-state index contributed by atoms with van der Waals surface area (Å²) < 4.78 is 3.20. The Morgan fingerprint density at radius 2 is 1.65 bits per heavy atom. The van der Waals surface area contributed by atoms with Crippen molar-refractivity contribution in [1.82, 2.24) is 34.4 Å². The number of unbranched alkanes of at least 4 members (excludes halogenated alkanes) is 1. The van der Waals surface area contributed by atoms with Crippen molar-refractivity contribution in [3.8, 4) is 0 Å². The first-order chi connectivity index (χ1) is 18.0. The van der Waals surface area contributed by atoms with Gasteiger partial charge in [0.25, 0.3) is 11.9 Å². The summed E-state index contributed by atoms with van der Waals surface area (Å²) in [7, 11) is 5.71. The lowest BCUT2D eigenvalue weighted by Gasteiger charge is -2.29. The zero-order valence-corrected chi connectivity index (χ0v) is 21.8. The summed E-state index contributed by atoms with van der Waals surface area (Å²) >= 11 is 0. The standard InChI is InChI=1S/C25H33N12/c1-5-37(23-14-10-21(11-15-23)29-31-25-27-19-36(4)33-25)17-7-6-16-34(2)22-12-8-20(9-13-22)28-30-24-26-18-35(3)32-24/h7-14,18-19,23H,5-6,15-17H2,1-4H3. The summed E-state index contributed by atoms with van der Waals surface area (Å²) in [6.45, 7) is 5.04. The van der Waals surface area contributed by atoms with Crippen LogP contribution in [0.3, 0.4) is 0 Å². The average molecular weight is 502 g/mol. The highest BCUT2D eigenvalue weighted by Gasteiger charge is 2.16. The highest BCUT2D eigenvalue weighted by molar-refractivity contribution is 5.52. The maximum Gasteiger partial charge on any atom is 0.287 e. The lowest BCUT2D eigenvalue weighted by Crippen LogP contribution is -2.35. The number of azo groups is 2. The smallest absolute Gasteiger partial charge is 0.287 e. The van der Waals surface area contributed by atoms with Crippen molar-refractivity contribution in [3.63, 3.8) is 0 Å². The highest BCUT2D eigenvalue weighted by atomic mass is 15.4. The average Bonchev–Trinajstić information content (AvgIpc) is 3.54. The molecule has 193 valence electrons. The number of hydrogen-bond acceptors (Lipinski definition) is 10. The molecule has 1 aliphatic carbocycles. The fourth-order valence-electron chi connectivity index (χ4n) is 3.84. The monoisotopic (exact) mass is 501 g/mol. The Morgan fingerprint density at radius 1 is 0.973 bits per heavy atom. The molecule has 1 radical (unpaired) electrons. The third-order valence-electron chi connectivity index (χ3n) is 5.94. The van der Waals surface area contributed by atoms with Gasteiger partial charge in [0.2, 0.25) is 0 Å². The number of rotatable bonds is 12. The molecule has 3 aromatic rings. The van der Waals surface area contributed by atoms with E-state index in [0.29, 0.717) is 17.9 Å². The maximum absolute atomic E-state index is 4.25. The van der Waals surface area contributed by atoms with Gasteiger partial charge in [-0.1, -0.05) is 19.1 Å². The van der Waals surface area contributed by atoms with Gasteiger partial charge in [0.1, 0.15) is 12.7 Å². The summed E-state index contributed by atoms with van der Waals surface area (Å²) in [6.07, 6.45) is 13.8. The van der Waals surface area contributed by atoms with Crippen LogP contribution in [0.1, 0.15) is 19.8 Å². The Bertz CT molecular complexity index is 1250. The van der Waals surface area contributed by atoms with Crippen LogP contribution in [0.5, 0.6) is 0 Å². The minimum absolute atomic E-state index is 0.351. The zero-order valence-electron chi connectivity index (χ0n) is 21.8. The molecule has 12 nitrogen and oxygen atoms in total. The molecule has 0 aliphatic heterocycles. The van der Waals surface area contributed by atoms with Crippen LogP contribution in [0.2, 0.25) is 0 Å². The largest absolute Gasteiger partial charge is 0.375 e. The second-order valence-electron chi connectivity index (χ2n) is 8.73. The molecule has 2 aromatic heterocycles. The van der Waals surface area contributed by atoms with E-state index < -0.39 is 0 Å². The first-order valence-electron chi connectivity index (χ1n) is 12.3. The number of benzene rings is 1. The van der Waals surface area contributed by atoms with E-state index in [0.717, 1.165) is 49.5 Å².